The summed E-state index contributed by atoms with van der Waals surface area (Å²) in [6.07, 6.45) is -0.982. The van der Waals surface area contributed by atoms with E-state index in [0.717, 1.165) is 0 Å². The van der Waals surface area contributed by atoms with Gasteiger partial charge in [0.15, 0.2) is 10.8 Å². The zero-order chi connectivity index (χ0) is 20.0. The highest BCUT2D eigenvalue weighted by molar-refractivity contribution is 5.89. The van der Waals surface area contributed by atoms with Gasteiger partial charge < -0.3 is 9.47 Å². The molecule has 0 amide bonds. The summed E-state index contributed by atoms with van der Waals surface area (Å²) in [6.45, 7) is 1.62. The minimum atomic E-state index is -1.91. The second-order valence-corrected chi connectivity index (χ2v) is 7.15. The molecule has 3 fully saturated rings. The van der Waals surface area contributed by atoms with Crippen LogP contribution in [0, 0.1) is 50.2 Å². The minimum absolute atomic E-state index is 0.409. The normalized spacial score (nSPS) is 32.4. The van der Waals surface area contributed by atoms with Crippen LogP contribution in [-0.4, -0.2) is 11.7 Å². The van der Waals surface area contributed by atoms with Crippen LogP contribution in [0.15, 0.2) is 60.7 Å². The highest BCUT2D eigenvalue weighted by Crippen LogP contribution is 2.69. The van der Waals surface area contributed by atoms with Crippen molar-refractivity contribution in [3.63, 3.8) is 0 Å². The first-order valence-electron chi connectivity index (χ1n) is 8.78. The largest absolute Gasteiger partial charge is 0.447 e. The maximum absolute atomic E-state index is 10.3. The Labute approximate surface area is 162 Å². The van der Waals surface area contributed by atoms with E-state index in [1.807, 2.05) is 12.1 Å². The number of hydrogen-bond donors (Lipinski definition) is 1. The lowest BCUT2D eigenvalue weighted by molar-refractivity contribution is -0.323. The SMILES string of the molecule is C[C@]12OC(=N)[C@](C#N)([C@H](c3ccccc3)O1)C(C#N)(C#N)[C@@H]2c1ccccc1. The summed E-state index contributed by atoms with van der Waals surface area (Å²) in [7, 11) is 0. The van der Waals surface area contributed by atoms with Crippen molar-refractivity contribution in [1.82, 2.24) is 0 Å². The average Bonchev–Trinajstić information content (AvgIpc) is 2.73. The number of nitrogens with zero attached hydrogens (tertiary/aromatic N) is 3. The minimum Gasteiger partial charge on any atom is -0.447 e. The lowest BCUT2D eigenvalue weighted by Crippen LogP contribution is -2.70. The van der Waals surface area contributed by atoms with Crippen molar-refractivity contribution in [2.75, 3.05) is 0 Å². The van der Waals surface area contributed by atoms with E-state index in [9.17, 15) is 15.8 Å². The van der Waals surface area contributed by atoms with Crippen LogP contribution in [0.2, 0.25) is 0 Å². The topological polar surface area (TPSA) is 114 Å². The van der Waals surface area contributed by atoms with Gasteiger partial charge in [-0.15, -0.1) is 0 Å². The molecule has 0 aliphatic carbocycles. The van der Waals surface area contributed by atoms with Crippen molar-refractivity contribution in [3.8, 4) is 18.2 Å². The maximum Gasteiger partial charge on any atom is 0.219 e. The van der Waals surface area contributed by atoms with Crippen molar-refractivity contribution in [3.05, 3.63) is 71.8 Å². The average molecular weight is 368 g/mol. The molecule has 1 N–H and O–H groups in total. The second-order valence-electron chi connectivity index (χ2n) is 7.15. The van der Waals surface area contributed by atoms with Crippen LogP contribution in [0.25, 0.3) is 0 Å². The third-order valence-electron chi connectivity index (χ3n) is 5.75. The first kappa shape index (κ1) is 17.7. The quantitative estimate of drug-likeness (QED) is 0.866. The Balaban J connectivity index is 2.05. The fraction of sp³-hybridized carbons (Fsp3) is 0.273. The number of nitrogens with one attached hydrogen (secondary N) is 1. The lowest BCUT2D eigenvalue weighted by atomic mass is 9.49. The molecule has 2 aromatic carbocycles. The first-order chi connectivity index (χ1) is 13.5. The standard InChI is InChI=1S/C22H16N4O2/c1-20-17(15-8-4-2-5-9-15)21(12-23,13-24)22(14-25,19(26)28-20)18(27-20)16-10-6-3-7-11-16/h2-11,17-18,26H,1H3/t17-,18+,20-,22+/m1/s1. The molecular formula is C22H16N4O2. The van der Waals surface area contributed by atoms with Crippen LogP contribution in [0.5, 0.6) is 0 Å². The van der Waals surface area contributed by atoms with Crippen molar-refractivity contribution in [2.45, 2.75) is 24.7 Å². The molecule has 3 aliphatic heterocycles. The third kappa shape index (κ3) is 1.94. The van der Waals surface area contributed by atoms with Crippen molar-refractivity contribution in [1.29, 1.82) is 21.2 Å². The Morgan fingerprint density at radius 2 is 1.39 bits per heavy atom. The molecule has 6 nitrogen and oxygen atoms in total. The molecule has 0 radical (unpaired) electrons. The van der Waals surface area contributed by atoms with E-state index in [-0.39, 0.29) is 0 Å². The van der Waals surface area contributed by atoms with Gasteiger partial charge in [0.1, 0.15) is 6.10 Å². The predicted molar refractivity (Wildman–Crippen MR) is 98.4 cm³/mol. The monoisotopic (exact) mass is 368 g/mol. The van der Waals surface area contributed by atoms with Gasteiger partial charge in [-0.1, -0.05) is 60.7 Å². The molecule has 6 heteroatoms. The summed E-state index contributed by atoms with van der Waals surface area (Å²) < 4.78 is 12.0. The molecule has 0 spiro atoms. The molecule has 0 aromatic heterocycles. The van der Waals surface area contributed by atoms with E-state index in [0.29, 0.717) is 11.1 Å². The Bertz CT molecular complexity index is 1050. The van der Waals surface area contributed by atoms with Crippen LogP contribution in [0.3, 0.4) is 0 Å². The van der Waals surface area contributed by atoms with Gasteiger partial charge in [0, 0.05) is 6.92 Å². The predicted octanol–water partition coefficient (Wildman–Crippen LogP) is 3.81. The molecule has 136 valence electrons. The van der Waals surface area contributed by atoms with Crippen molar-refractivity contribution in [2.24, 2.45) is 10.8 Å². The van der Waals surface area contributed by atoms with Gasteiger partial charge in [-0.3, -0.25) is 5.41 Å². The van der Waals surface area contributed by atoms with Crippen LogP contribution in [0.4, 0.5) is 0 Å². The van der Waals surface area contributed by atoms with Gasteiger partial charge in [-0.05, 0) is 11.1 Å². The fourth-order valence-electron chi connectivity index (χ4n) is 4.55. The van der Waals surface area contributed by atoms with Crippen LogP contribution < -0.4 is 0 Å². The summed E-state index contributed by atoms with van der Waals surface area (Å²) >= 11 is 0. The summed E-state index contributed by atoms with van der Waals surface area (Å²) in [5.41, 5.74) is -2.52. The molecular weight excluding hydrogens is 352 g/mol. The number of hydrogen-bond acceptors (Lipinski definition) is 6. The van der Waals surface area contributed by atoms with Gasteiger partial charge in [-0.2, -0.15) is 15.8 Å². The Morgan fingerprint density at radius 3 is 1.89 bits per heavy atom. The molecule has 0 unspecified atom stereocenters. The van der Waals surface area contributed by atoms with E-state index in [2.05, 4.69) is 18.2 Å². The molecule has 0 saturated carbocycles. The van der Waals surface area contributed by atoms with Gasteiger partial charge in [0.2, 0.25) is 11.7 Å². The van der Waals surface area contributed by atoms with Crippen LogP contribution >= 0.6 is 0 Å². The Morgan fingerprint density at radius 1 is 0.857 bits per heavy atom. The number of rotatable bonds is 2. The summed E-state index contributed by atoms with van der Waals surface area (Å²) in [6, 6.07) is 24.2. The van der Waals surface area contributed by atoms with Crippen molar-refractivity contribution >= 4 is 5.90 Å². The molecule has 3 saturated heterocycles. The second kappa shape index (κ2) is 5.92. The van der Waals surface area contributed by atoms with Gasteiger partial charge in [0.05, 0.1) is 24.1 Å². The zero-order valence-electron chi connectivity index (χ0n) is 15.1. The summed E-state index contributed by atoms with van der Waals surface area (Å²) in [5.74, 6) is -2.74. The fourth-order valence-corrected chi connectivity index (χ4v) is 4.55. The summed E-state index contributed by atoms with van der Waals surface area (Å²) in [4.78, 5) is 0. The Kier molecular flexibility index (Phi) is 3.75. The molecule has 4 atom stereocenters. The molecule has 28 heavy (non-hydrogen) atoms. The molecule has 2 bridgehead atoms. The first-order valence-corrected chi connectivity index (χ1v) is 8.78. The van der Waals surface area contributed by atoms with Crippen LogP contribution in [-0.2, 0) is 9.47 Å². The van der Waals surface area contributed by atoms with E-state index < -0.39 is 34.5 Å². The van der Waals surface area contributed by atoms with E-state index in [1.165, 1.54) is 0 Å². The number of fused-ring (bicyclic) bond motifs is 3. The molecule has 5 rings (SSSR count). The van der Waals surface area contributed by atoms with E-state index in [1.54, 1.807) is 55.5 Å². The smallest absolute Gasteiger partial charge is 0.219 e. The third-order valence-corrected chi connectivity index (χ3v) is 5.75. The number of nitriles is 3. The lowest BCUT2D eigenvalue weighted by Gasteiger charge is -2.61. The zero-order valence-corrected chi connectivity index (χ0v) is 15.1. The van der Waals surface area contributed by atoms with Gasteiger partial charge >= 0.3 is 0 Å². The molecule has 3 heterocycles. The van der Waals surface area contributed by atoms with E-state index in [4.69, 9.17) is 14.9 Å². The van der Waals surface area contributed by atoms with E-state index >= 15 is 0 Å². The Hall–Kier alpha value is -3.66. The molecule has 3 aliphatic rings. The number of benzene rings is 2. The summed E-state index contributed by atoms with van der Waals surface area (Å²) in [5, 5.41) is 39.3. The highest BCUT2D eigenvalue weighted by Gasteiger charge is 2.79. The highest BCUT2D eigenvalue weighted by atomic mass is 16.7. The van der Waals surface area contributed by atoms with Gasteiger partial charge in [0.25, 0.3) is 0 Å². The van der Waals surface area contributed by atoms with Crippen LogP contribution in [0.1, 0.15) is 30.1 Å². The maximum atomic E-state index is 10.3. The van der Waals surface area contributed by atoms with Gasteiger partial charge in [-0.25, -0.2) is 0 Å². The van der Waals surface area contributed by atoms with Crippen molar-refractivity contribution < 1.29 is 9.47 Å². The number of ether oxygens (including phenoxy) is 2. The molecule has 2 aromatic rings.